The summed E-state index contributed by atoms with van der Waals surface area (Å²) in [7, 11) is 1.65. The molecule has 0 bridgehead atoms. The monoisotopic (exact) mass is 572 g/mol. The van der Waals surface area contributed by atoms with Crippen LogP contribution in [0.1, 0.15) is 10.4 Å². The van der Waals surface area contributed by atoms with Crippen LogP contribution in [0, 0.1) is 0 Å². The van der Waals surface area contributed by atoms with E-state index in [0.717, 1.165) is 43.3 Å². The number of methoxy groups -OCH3 is 1. The van der Waals surface area contributed by atoms with Crippen molar-refractivity contribution in [2.75, 3.05) is 55.1 Å². The first-order valence-corrected chi connectivity index (χ1v) is 11.5. The van der Waals surface area contributed by atoms with Crippen LogP contribution in [0.4, 0.5) is 23.0 Å². The molecule has 192 valence electrons. The minimum absolute atomic E-state index is 0. The second-order valence-electron chi connectivity index (χ2n) is 7.74. The van der Waals surface area contributed by atoms with Gasteiger partial charge in [0.05, 0.1) is 28.5 Å². The summed E-state index contributed by atoms with van der Waals surface area (Å²) < 4.78 is 11.4. The second kappa shape index (κ2) is 12.0. The maximum atomic E-state index is 13.1. The fourth-order valence-corrected chi connectivity index (χ4v) is 4.58. The Hall–Kier alpha value is -2.69. The molecule has 0 saturated carbocycles. The van der Waals surface area contributed by atoms with E-state index < -0.39 is 0 Å². The summed E-state index contributed by atoms with van der Waals surface area (Å²) in [5, 5.41) is 7.21. The van der Waals surface area contributed by atoms with Crippen LogP contribution in [-0.4, -0.2) is 55.9 Å². The van der Waals surface area contributed by atoms with Crippen molar-refractivity contribution in [1.29, 1.82) is 0 Å². The van der Waals surface area contributed by atoms with Crippen molar-refractivity contribution in [3.05, 3.63) is 58.2 Å². The summed E-state index contributed by atoms with van der Waals surface area (Å²) >= 11 is 12.5. The molecule has 36 heavy (non-hydrogen) atoms. The molecular formula is C23H24Cl4N6O3. The molecule has 2 aliphatic heterocycles. The predicted octanol–water partition coefficient (Wildman–Crippen LogP) is 4.79. The lowest BCUT2D eigenvalue weighted by molar-refractivity contribution is 0.0932. The second-order valence-corrected chi connectivity index (χ2v) is 8.55. The number of carbonyl (C=O) groups excluding carboxylic acids is 1. The van der Waals surface area contributed by atoms with Gasteiger partial charge < -0.3 is 25.0 Å². The van der Waals surface area contributed by atoms with E-state index in [0.29, 0.717) is 21.7 Å². The van der Waals surface area contributed by atoms with E-state index in [1.165, 1.54) is 11.1 Å². The first-order valence-electron chi connectivity index (χ1n) is 10.7. The highest BCUT2D eigenvalue weighted by Gasteiger charge is 2.31. The Morgan fingerprint density at radius 1 is 1.11 bits per heavy atom. The number of halogens is 4. The number of aromatic nitrogens is 2. The van der Waals surface area contributed by atoms with Crippen molar-refractivity contribution in [1.82, 2.24) is 15.3 Å². The number of rotatable bonds is 5. The molecule has 2 aliphatic rings. The zero-order valence-electron chi connectivity index (χ0n) is 19.2. The molecule has 3 heterocycles. The fourth-order valence-electron chi connectivity index (χ4n) is 3.98. The molecule has 13 heteroatoms. The summed E-state index contributed by atoms with van der Waals surface area (Å²) in [4.78, 5) is 25.4. The zero-order valence-corrected chi connectivity index (χ0v) is 22.3. The van der Waals surface area contributed by atoms with Crippen LogP contribution in [-0.2, 0) is 0 Å². The van der Waals surface area contributed by atoms with Gasteiger partial charge in [-0.15, -0.1) is 24.8 Å². The highest BCUT2D eigenvalue weighted by molar-refractivity contribution is 6.40. The molecule has 9 nitrogen and oxygen atoms in total. The van der Waals surface area contributed by atoms with Gasteiger partial charge in [-0.25, -0.2) is 4.98 Å². The number of ether oxygens (including phenoxy) is 2. The summed E-state index contributed by atoms with van der Waals surface area (Å²) in [6, 6.07) is 10.9. The number of fused-ring (bicyclic) bond motifs is 1. The topological polar surface area (TPSA) is 91.8 Å². The minimum atomic E-state index is -0.343. The predicted molar refractivity (Wildman–Crippen MR) is 147 cm³/mol. The average molecular weight is 574 g/mol. The van der Waals surface area contributed by atoms with E-state index >= 15 is 0 Å². The van der Waals surface area contributed by atoms with Gasteiger partial charge >= 0.3 is 0 Å². The molecule has 0 atom stereocenters. The van der Waals surface area contributed by atoms with Gasteiger partial charge in [0.1, 0.15) is 11.3 Å². The van der Waals surface area contributed by atoms with Crippen LogP contribution in [0.5, 0.6) is 11.6 Å². The summed E-state index contributed by atoms with van der Waals surface area (Å²) in [6.07, 6.45) is 1.43. The van der Waals surface area contributed by atoms with E-state index in [1.54, 1.807) is 25.3 Å². The number of amides is 1. The molecule has 2 aromatic carbocycles. The highest BCUT2D eigenvalue weighted by atomic mass is 35.5. The maximum absolute atomic E-state index is 13.1. The zero-order chi connectivity index (χ0) is 23.7. The number of benzene rings is 2. The Morgan fingerprint density at radius 2 is 1.83 bits per heavy atom. The van der Waals surface area contributed by atoms with Crippen LogP contribution >= 0.6 is 48.0 Å². The standard InChI is InChI=1S/C23H22Cl2N6O3.2ClH/c1-33-19-11-14(5-6-18(19)30-9-7-26-8-10-30)28-23-27-12-15-21(29-23)34-13-31(22(15)32)20-16(24)3-2-4-17(20)25;;/h2-6,11-12,26H,7-10,13H2,1H3,(H,27,28,29);2*1H. The third kappa shape index (κ3) is 5.50. The van der Waals surface area contributed by atoms with Crippen LogP contribution in [0.15, 0.2) is 42.6 Å². The van der Waals surface area contributed by atoms with Crippen LogP contribution < -0.4 is 29.9 Å². The van der Waals surface area contributed by atoms with Crippen LogP contribution in [0.2, 0.25) is 10.0 Å². The summed E-state index contributed by atoms with van der Waals surface area (Å²) in [5.74, 6) is 0.896. The molecule has 2 N–H and O–H groups in total. The van der Waals surface area contributed by atoms with Crippen molar-refractivity contribution >= 4 is 76.9 Å². The lowest BCUT2D eigenvalue weighted by atomic mass is 10.2. The Labute approximate surface area is 230 Å². The van der Waals surface area contributed by atoms with Crippen molar-refractivity contribution in [2.45, 2.75) is 0 Å². The molecule has 1 amide bonds. The third-order valence-corrected chi connectivity index (χ3v) is 6.27. The number of nitrogens with zero attached hydrogens (tertiary/aromatic N) is 4. The first kappa shape index (κ1) is 27.9. The van der Waals surface area contributed by atoms with Crippen molar-refractivity contribution in [2.24, 2.45) is 0 Å². The number of piperazine rings is 1. The Bertz CT molecular complexity index is 1220. The molecule has 3 aromatic rings. The quantitative estimate of drug-likeness (QED) is 0.450. The van der Waals surface area contributed by atoms with Gasteiger partial charge in [0.15, 0.2) is 6.73 Å². The fraction of sp³-hybridized carbons (Fsp3) is 0.261. The molecule has 0 aliphatic carbocycles. The number of anilines is 4. The van der Waals surface area contributed by atoms with Crippen LogP contribution in [0.3, 0.4) is 0 Å². The van der Waals surface area contributed by atoms with Gasteiger partial charge in [-0.05, 0) is 24.3 Å². The van der Waals surface area contributed by atoms with Gasteiger partial charge in [-0.3, -0.25) is 9.69 Å². The number of nitrogens with one attached hydrogen (secondary N) is 2. The van der Waals surface area contributed by atoms with Crippen LogP contribution in [0.25, 0.3) is 0 Å². The number of carbonyl (C=O) groups is 1. The van der Waals surface area contributed by atoms with E-state index in [2.05, 4.69) is 25.5 Å². The molecule has 1 fully saturated rings. The molecule has 0 radical (unpaired) electrons. The third-order valence-electron chi connectivity index (χ3n) is 5.66. The highest BCUT2D eigenvalue weighted by Crippen LogP contribution is 2.37. The molecule has 1 saturated heterocycles. The molecule has 1 aromatic heterocycles. The Balaban J connectivity index is 0.00000180. The average Bonchev–Trinajstić information content (AvgIpc) is 2.85. The Morgan fingerprint density at radius 3 is 2.53 bits per heavy atom. The number of hydrogen-bond acceptors (Lipinski definition) is 8. The lowest BCUT2D eigenvalue weighted by Gasteiger charge is -2.30. The summed E-state index contributed by atoms with van der Waals surface area (Å²) in [5.41, 5.74) is 2.40. The normalized spacial score (nSPS) is 14.7. The Kier molecular flexibility index (Phi) is 9.32. The van der Waals surface area contributed by atoms with E-state index in [9.17, 15) is 4.79 Å². The van der Waals surface area contributed by atoms with Gasteiger partial charge in [0, 0.05) is 44.1 Å². The van der Waals surface area contributed by atoms with Gasteiger partial charge in [0.2, 0.25) is 11.8 Å². The van der Waals surface area contributed by atoms with Gasteiger partial charge in [-0.1, -0.05) is 29.3 Å². The first-order chi connectivity index (χ1) is 16.5. The van der Waals surface area contributed by atoms with E-state index in [-0.39, 0.29) is 48.9 Å². The van der Waals surface area contributed by atoms with E-state index in [1.807, 2.05) is 18.2 Å². The van der Waals surface area contributed by atoms with Gasteiger partial charge in [-0.2, -0.15) is 4.98 Å². The maximum Gasteiger partial charge on any atom is 0.268 e. The molecule has 0 spiro atoms. The van der Waals surface area contributed by atoms with E-state index in [4.69, 9.17) is 32.7 Å². The SMILES string of the molecule is COc1cc(Nc2ncc3c(n2)OCN(c2c(Cl)cccc2Cl)C3=O)ccc1N1CCNCC1.Cl.Cl. The summed E-state index contributed by atoms with van der Waals surface area (Å²) in [6.45, 7) is 3.63. The van der Waals surface area contributed by atoms with Crippen molar-refractivity contribution in [3.63, 3.8) is 0 Å². The molecule has 0 unspecified atom stereocenters. The van der Waals surface area contributed by atoms with Crippen molar-refractivity contribution in [3.8, 4) is 11.6 Å². The lowest BCUT2D eigenvalue weighted by Crippen LogP contribution is -2.43. The molecule has 5 rings (SSSR count). The largest absolute Gasteiger partial charge is 0.495 e. The number of hydrogen-bond donors (Lipinski definition) is 2. The van der Waals surface area contributed by atoms with Gasteiger partial charge in [0.25, 0.3) is 5.91 Å². The van der Waals surface area contributed by atoms with Crippen molar-refractivity contribution < 1.29 is 14.3 Å². The molecular weight excluding hydrogens is 550 g/mol. The minimum Gasteiger partial charge on any atom is -0.495 e. The smallest absolute Gasteiger partial charge is 0.268 e. The number of para-hydroxylation sites is 1.